The summed E-state index contributed by atoms with van der Waals surface area (Å²) in [7, 11) is 0. The average molecular weight is 328 g/mol. The highest BCUT2D eigenvalue weighted by atomic mass is 16.5. The standard InChI is InChI=1S/C19H24N2O3/c1-13(2)12-24-14-7-9-21(10-8-14)19(23)16-11-18(22)20-17-6-4-3-5-15(16)17/h3-6,11,13-14H,7-10,12H2,1-2H3,(H,20,22). The SMILES string of the molecule is CC(C)COC1CCN(C(=O)c2cc(=O)[nH]c3ccccc23)CC1. The van der Waals surface area contributed by atoms with Crippen LogP contribution >= 0.6 is 0 Å². The molecule has 1 saturated heterocycles. The molecule has 1 N–H and O–H groups in total. The Balaban J connectivity index is 1.73. The number of aromatic nitrogens is 1. The van der Waals surface area contributed by atoms with Gasteiger partial charge in [0.15, 0.2) is 0 Å². The first kappa shape index (κ1) is 16.7. The van der Waals surface area contributed by atoms with Gasteiger partial charge in [-0.2, -0.15) is 0 Å². The lowest BCUT2D eigenvalue weighted by Crippen LogP contribution is -2.41. The lowest BCUT2D eigenvalue weighted by atomic mass is 10.0. The Bertz CT molecular complexity index is 774. The molecule has 24 heavy (non-hydrogen) atoms. The van der Waals surface area contributed by atoms with E-state index in [4.69, 9.17) is 4.74 Å². The Hall–Kier alpha value is -2.14. The Kier molecular flexibility index (Phi) is 5.00. The van der Waals surface area contributed by atoms with Crippen molar-refractivity contribution in [3.63, 3.8) is 0 Å². The van der Waals surface area contributed by atoms with E-state index in [0.29, 0.717) is 30.1 Å². The number of hydrogen-bond acceptors (Lipinski definition) is 3. The zero-order chi connectivity index (χ0) is 17.1. The largest absolute Gasteiger partial charge is 0.378 e. The van der Waals surface area contributed by atoms with Crippen LogP contribution in [0.15, 0.2) is 35.1 Å². The summed E-state index contributed by atoms with van der Waals surface area (Å²) in [5.41, 5.74) is 0.937. The monoisotopic (exact) mass is 328 g/mol. The number of hydrogen-bond donors (Lipinski definition) is 1. The molecule has 1 aliphatic heterocycles. The molecule has 0 spiro atoms. The zero-order valence-corrected chi connectivity index (χ0v) is 14.2. The summed E-state index contributed by atoms with van der Waals surface area (Å²) in [5.74, 6) is 0.451. The Morgan fingerprint density at radius 1 is 1.29 bits per heavy atom. The first-order chi connectivity index (χ1) is 11.5. The molecule has 0 bridgehead atoms. The quantitative estimate of drug-likeness (QED) is 0.939. The Morgan fingerprint density at radius 2 is 2.00 bits per heavy atom. The number of pyridine rings is 1. The van der Waals surface area contributed by atoms with Crippen molar-refractivity contribution in [2.45, 2.75) is 32.8 Å². The molecule has 2 heterocycles. The number of amides is 1. The van der Waals surface area contributed by atoms with Crippen LogP contribution in [0.25, 0.3) is 10.9 Å². The molecule has 0 saturated carbocycles. The second-order valence-corrected chi connectivity index (χ2v) is 6.81. The summed E-state index contributed by atoms with van der Waals surface area (Å²) in [4.78, 5) is 29.3. The van der Waals surface area contributed by atoms with Crippen molar-refractivity contribution >= 4 is 16.8 Å². The number of piperidine rings is 1. The molecule has 0 aliphatic carbocycles. The van der Waals surface area contributed by atoms with Crippen LogP contribution in [-0.4, -0.2) is 41.6 Å². The molecule has 3 rings (SSSR count). The molecule has 0 radical (unpaired) electrons. The minimum absolute atomic E-state index is 0.0698. The number of H-pyrrole nitrogens is 1. The molecule has 1 aliphatic rings. The molecule has 1 fully saturated rings. The number of fused-ring (bicyclic) bond motifs is 1. The normalized spacial score (nSPS) is 16.0. The van der Waals surface area contributed by atoms with E-state index in [0.717, 1.165) is 24.8 Å². The molecule has 1 aromatic carbocycles. The van der Waals surface area contributed by atoms with E-state index in [-0.39, 0.29) is 17.6 Å². The highest BCUT2D eigenvalue weighted by Crippen LogP contribution is 2.20. The van der Waals surface area contributed by atoms with Crippen molar-refractivity contribution in [1.29, 1.82) is 0 Å². The maximum absolute atomic E-state index is 12.9. The molecule has 2 aromatic rings. The number of aromatic amines is 1. The minimum Gasteiger partial charge on any atom is -0.378 e. The molecular formula is C19H24N2O3. The van der Waals surface area contributed by atoms with Crippen molar-refractivity contribution in [3.8, 4) is 0 Å². The van der Waals surface area contributed by atoms with Crippen LogP contribution in [0, 0.1) is 5.92 Å². The molecule has 0 unspecified atom stereocenters. The Labute approximate surface area is 141 Å². The van der Waals surface area contributed by atoms with Crippen LogP contribution in [-0.2, 0) is 4.74 Å². The van der Waals surface area contributed by atoms with E-state index < -0.39 is 0 Å². The lowest BCUT2D eigenvalue weighted by molar-refractivity contribution is -0.00227. The van der Waals surface area contributed by atoms with Gasteiger partial charge in [0.25, 0.3) is 5.91 Å². The first-order valence-corrected chi connectivity index (χ1v) is 8.57. The van der Waals surface area contributed by atoms with E-state index in [1.54, 1.807) is 0 Å². The van der Waals surface area contributed by atoms with Gasteiger partial charge in [0, 0.05) is 36.7 Å². The van der Waals surface area contributed by atoms with Crippen molar-refractivity contribution in [2.24, 2.45) is 5.92 Å². The smallest absolute Gasteiger partial charge is 0.254 e. The number of para-hydroxylation sites is 1. The highest BCUT2D eigenvalue weighted by Gasteiger charge is 2.25. The second-order valence-electron chi connectivity index (χ2n) is 6.81. The van der Waals surface area contributed by atoms with Crippen LogP contribution in [0.2, 0.25) is 0 Å². The van der Waals surface area contributed by atoms with Crippen LogP contribution in [0.5, 0.6) is 0 Å². The fourth-order valence-electron chi connectivity index (χ4n) is 3.11. The van der Waals surface area contributed by atoms with Gasteiger partial charge in [0.2, 0.25) is 5.56 Å². The second kappa shape index (κ2) is 7.18. The maximum atomic E-state index is 12.9. The molecular weight excluding hydrogens is 304 g/mol. The third kappa shape index (κ3) is 3.67. The van der Waals surface area contributed by atoms with E-state index in [1.807, 2.05) is 29.2 Å². The van der Waals surface area contributed by atoms with E-state index in [1.165, 1.54) is 6.07 Å². The van der Waals surface area contributed by atoms with Gasteiger partial charge in [0.1, 0.15) is 0 Å². The van der Waals surface area contributed by atoms with Crippen LogP contribution in [0.4, 0.5) is 0 Å². The summed E-state index contributed by atoms with van der Waals surface area (Å²) in [6.07, 6.45) is 1.92. The molecule has 0 atom stereocenters. The van der Waals surface area contributed by atoms with E-state index >= 15 is 0 Å². The molecule has 1 amide bonds. The Morgan fingerprint density at radius 3 is 2.71 bits per heavy atom. The number of benzene rings is 1. The lowest BCUT2D eigenvalue weighted by Gasteiger charge is -2.32. The average Bonchev–Trinajstić information content (AvgIpc) is 2.59. The number of likely N-dealkylation sites (tertiary alicyclic amines) is 1. The summed E-state index contributed by atoms with van der Waals surface area (Å²) in [6.45, 7) is 6.37. The maximum Gasteiger partial charge on any atom is 0.254 e. The van der Waals surface area contributed by atoms with E-state index in [9.17, 15) is 9.59 Å². The summed E-state index contributed by atoms with van der Waals surface area (Å²) >= 11 is 0. The van der Waals surface area contributed by atoms with Crippen LogP contribution in [0.3, 0.4) is 0 Å². The number of rotatable bonds is 4. The topological polar surface area (TPSA) is 62.4 Å². The first-order valence-electron chi connectivity index (χ1n) is 8.57. The number of carbonyl (C=O) groups excluding carboxylic acids is 1. The van der Waals surface area contributed by atoms with Crippen molar-refractivity contribution in [3.05, 3.63) is 46.2 Å². The predicted octanol–water partition coefficient (Wildman–Crippen LogP) is 2.81. The molecule has 5 heteroatoms. The van der Waals surface area contributed by atoms with Gasteiger partial charge in [-0.25, -0.2) is 0 Å². The fourth-order valence-corrected chi connectivity index (χ4v) is 3.11. The van der Waals surface area contributed by atoms with Crippen LogP contribution in [0.1, 0.15) is 37.0 Å². The number of ether oxygens (including phenoxy) is 1. The molecule has 5 nitrogen and oxygen atoms in total. The van der Waals surface area contributed by atoms with Gasteiger partial charge in [-0.1, -0.05) is 32.0 Å². The van der Waals surface area contributed by atoms with Gasteiger partial charge in [-0.05, 0) is 24.8 Å². The van der Waals surface area contributed by atoms with Crippen molar-refractivity contribution < 1.29 is 9.53 Å². The van der Waals surface area contributed by atoms with Gasteiger partial charge in [-0.3, -0.25) is 9.59 Å². The number of carbonyl (C=O) groups is 1. The van der Waals surface area contributed by atoms with Gasteiger partial charge in [0.05, 0.1) is 11.7 Å². The molecule has 1 aromatic heterocycles. The van der Waals surface area contributed by atoms with E-state index in [2.05, 4.69) is 18.8 Å². The predicted molar refractivity (Wildman–Crippen MR) is 94.3 cm³/mol. The fraction of sp³-hybridized carbons (Fsp3) is 0.474. The molecule has 128 valence electrons. The minimum atomic E-state index is -0.243. The summed E-state index contributed by atoms with van der Waals surface area (Å²) in [5, 5.41) is 0.792. The number of nitrogens with one attached hydrogen (secondary N) is 1. The van der Waals surface area contributed by atoms with Gasteiger partial charge >= 0.3 is 0 Å². The summed E-state index contributed by atoms with van der Waals surface area (Å²) < 4.78 is 5.87. The highest BCUT2D eigenvalue weighted by molar-refractivity contribution is 6.05. The van der Waals surface area contributed by atoms with Crippen molar-refractivity contribution in [1.82, 2.24) is 9.88 Å². The van der Waals surface area contributed by atoms with Gasteiger partial charge in [-0.15, -0.1) is 0 Å². The van der Waals surface area contributed by atoms with Gasteiger partial charge < -0.3 is 14.6 Å². The van der Waals surface area contributed by atoms with Crippen LogP contribution < -0.4 is 5.56 Å². The third-order valence-corrected chi connectivity index (χ3v) is 4.38. The van der Waals surface area contributed by atoms with Crippen molar-refractivity contribution in [2.75, 3.05) is 19.7 Å². The zero-order valence-electron chi connectivity index (χ0n) is 14.2. The third-order valence-electron chi connectivity index (χ3n) is 4.38. The number of nitrogens with zero attached hydrogens (tertiary/aromatic N) is 1. The summed E-state index contributed by atoms with van der Waals surface area (Å²) in [6, 6.07) is 8.83.